The van der Waals surface area contributed by atoms with Gasteiger partial charge in [0.25, 0.3) is 0 Å². The number of anilines is 1. The fraction of sp³-hybridized carbons (Fsp3) is 0.462. The van der Waals surface area contributed by atoms with Crippen molar-refractivity contribution in [1.82, 2.24) is 10.7 Å². The zero-order valence-electron chi connectivity index (χ0n) is 10.1. The molecule has 1 amide bonds. The van der Waals surface area contributed by atoms with Gasteiger partial charge in [-0.1, -0.05) is 18.2 Å². The van der Waals surface area contributed by atoms with E-state index in [1.54, 1.807) is 0 Å². The molecule has 0 aliphatic carbocycles. The van der Waals surface area contributed by atoms with Gasteiger partial charge in [0, 0.05) is 5.92 Å². The van der Waals surface area contributed by atoms with Crippen LogP contribution in [0.1, 0.15) is 18.4 Å². The Balaban J connectivity index is 1.85. The molecule has 17 heavy (non-hydrogen) atoms. The zero-order valence-corrected chi connectivity index (χ0v) is 10.1. The number of aryl methyl sites for hydroxylation is 1. The minimum Gasteiger partial charge on any atom is -0.317 e. The summed E-state index contributed by atoms with van der Waals surface area (Å²) < 4.78 is 0. The molecule has 92 valence electrons. The highest BCUT2D eigenvalue weighted by Gasteiger charge is 2.20. The summed E-state index contributed by atoms with van der Waals surface area (Å²) >= 11 is 0. The Morgan fingerprint density at radius 3 is 2.71 bits per heavy atom. The van der Waals surface area contributed by atoms with Crippen molar-refractivity contribution in [2.45, 2.75) is 19.8 Å². The fourth-order valence-corrected chi connectivity index (χ4v) is 2.03. The molecule has 0 aromatic heterocycles. The zero-order chi connectivity index (χ0) is 12.1. The topological polar surface area (TPSA) is 53.2 Å². The lowest BCUT2D eigenvalue weighted by Gasteiger charge is -2.22. The normalized spacial score (nSPS) is 16.5. The van der Waals surface area contributed by atoms with Gasteiger partial charge in [-0.25, -0.2) is 0 Å². The largest absolute Gasteiger partial charge is 0.317 e. The highest BCUT2D eigenvalue weighted by molar-refractivity contribution is 5.80. The first-order chi connectivity index (χ1) is 8.27. The molecule has 0 saturated carbocycles. The van der Waals surface area contributed by atoms with Gasteiger partial charge < -0.3 is 5.32 Å². The quantitative estimate of drug-likeness (QED) is 0.692. The van der Waals surface area contributed by atoms with E-state index in [0.29, 0.717) is 0 Å². The monoisotopic (exact) mass is 233 g/mol. The van der Waals surface area contributed by atoms with Crippen LogP contribution in [0.4, 0.5) is 5.69 Å². The van der Waals surface area contributed by atoms with E-state index in [0.717, 1.165) is 37.2 Å². The number of benzene rings is 1. The van der Waals surface area contributed by atoms with E-state index in [1.165, 1.54) is 0 Å². The molecule has 4 nitrogen and oxygen atoms in total. The summed E-state index contributed by atoms with van der Waals surface area (Å²) in [4.78, 5) is 11.9. The summed E-state index contributed by atoms with van der Waals surface area (Å²) in [6.45, 7) is 3.88. The molecule has 3 N–H and O–H groups in total. The van der Waals surface area contributed by atoms with Crippen molar-refractivity contribution in [3.8, 4) is 0 Å². The van der Waals surface area contributed by atoms with Crippen molar-refractivity contribution in [1.29, 1.82) is 0 Å². The Labute approximate surface area is 102 Å². The Morgan fingerprint density at radius 1 is 1.29 bits per heavy atom. The van der Waals surface area contributed by atoms with Crippen molar-refractivity contribution in [3.63, 3.8) is 0 Å². The number of piperidine rings is 1. The van der Waals surface area contributed by atoms with Crippen molar-refractivity contribution in [3.05, 3.63) is 29.8 Å². The third-order valence-corrected chi connectivity index (χ3v) is 3.18. The second-order valence-corrected chi connectivity index (χ2v) is 4.45. The van der Waals surface area contributed by atoms with Gasteiger partial charge in [-0.2, -0.15) is 0 Å². The van der Waals surface area contributed by atoms with Crippen LogP contribution in [0.25, 0.3) is 0 Å². The predicted octanol–water partition coefficient (Wildman–Crippen LogP) is 1.44. The second-order valence-electron chi connectivity index (χ2n) is 4.45. The molecule has 1 aromatic rings. The van der Waals surface area contributed by atoms with Crippen molar-refractivity contribution < 1.29 is 4.79 Å². The molecule has 0 unspecified atom stereocenters. The molecule has 1 aliphatic heterocycles. The summed E-state index contributed by atoms with van der Waals surface area (Å²) in [6.07, 6.45) is 1.84. The first-order valence-corrected chi connectivity index (χ1v) is 6.09. The number of hydrogen-bond acceptors (Lipinski definition) is 3. The number of carbonyl (C=O) groups excluding carboxylic acids is 1. The summed E-state index contributed by atoms with van der Waals surface area (Å²) in [5.74, 6) is 0.225. The van der Waals surface area contributed by atoms with E-state index in [1.807, 2.05) is 31.2 Å². The van der Waals surface area contributed by atoms with Crippen LogP contribution in [-0.2, 0) is 4.79 Å². The van der Waals surface area contributed by atoms with Gasteiger partial charge in [-0.15, -0.1) is 0 Å². The van der Waals surface area contributed by atoms with E-state index < -0.39 is 0 Å². The highest BCUT2D eigenvalue weighted by Crippen LogP contribution is 2.14. The lowest BCUT2D eigenvalue weighted by molar-refractivity contribution is -0.125. The van der Waals surface area contributed by atoms with Crippen LogP contribution >= 0.6 is 0 Å². The number of carbonyl (C=O) groups is 1. The van der Waals surface area contributed by atoms with E-state index in [-0.39, 0.29) is 11.8 Å². The van der Waals surface area contributed by atoms with E-state index in [9.17, 15) is 4.79 Å². The van der Waals surface area contributed by atoms with E-state index in [4.69, 9.17) is 0 Å². The molecular formula is C13H19N3O. The standard InChI is InChI=1S/C13H19N3O/c1-10-4-2-3-5-12(10)15-16-13(17)11-6-8-14-9-7-11/h2-5,11,14-15H,6-9H2,1H3,(H,16,17). The van der Waals surface area contributed by atoms with Gasteiger partial charge >= 0.3 is 0 Å². The molecule has 2 rings (SSSR count). The van der Waals surface area contributed by atoms with Gasteiger partial charge in [-0.05, 0) is 44.5 Å². The smallest absolute Gasteiger partial charge is 0.241 e. The van der Waals surface area contributed by atoms with Crippen molar-refractivity contribution >= 4 is 11.6 Å². The molecule has 0 bridgehead atoms. The summed E-state index contributed by atoms with van der Waals surface area (Å²) in [5.41, 5.74) is 7.86. The lowest BCUT2D eigenvalue weighted by Crippen LogP contribution is -2.40. The number of hydrogen-bond donors (Lipinski definition) is 3. The maximum atomic E-state index is 11.9. The predicted molar refractivity (Wildman–Crippen MR) is 68.5 cm³/mol. The molecule has 4 heteroatoms. The van der Waals surface area contributed by atoms with Crippen LogP contribution in [-0.4, -0.2) is 19.0 Å². The molecule has 1 heterocycles. The Bertz CT molecular complexity index is 386. The van der Waals surface area contributed by atoms with Crippen LogP contribution in [0, 0.1) is 12.8 Å². The van der Waals surface area contributed by atoms with Gasteiger partial charge in [0.15, 0.2) is 0 Å². The molecule has 1 aromatic carbocycles. The van der Waals surface area contributed by atoms with Crippen LogP contribution < -0.4 is 16.2 Å². The summed E-state index contributed by atoms with van der Waals surface area (Å²) in [7, 11) is 0. The number of rotatable bonds is 3. The molecule has 1 fully saturated rings. The number of nitrogens with one attached hydrogen (secondary N) is 3. The summed E-state index contributed by atoms with van der Waals surface area (Å²) in [5, 5.41) is 3.25. The number of hydrazine groups is 1. The van der Waals surface area contributed by atoms with Crippen LogP contribution in [0.3, 0.4) is 0 Å². The molecule has 1 aliphatic rings. The van der Waals surface area contributed by atoms with Crippen molar-refractivity contribution in [2.24, 2.45) is 5.92 Å². The average Bonchev–Trinajstić information content (AvgIpc) is 2.38. The fourth-order valence-electron chi connectivity index (χ4n) is 2.03. The number of amides is 1. The third kappa shape index (κ3) is 3.20. The van der Waals surface area contributed by atoms with Crippen LogP contribution in [0.15, 0.2) is 24.3 Å². The maximum absolute atomic E-state index is 11.9. The van der Waals surface area contributed by atoms with E-state index >= 15 is 0 Å². The van der Waals surface area contributed by atoms with Gasteiger partial charge in [0.1, 0.15) is 0 Å². The van der Waals surface area contributed by atoms with Gasteiger partial charge in [0.05, 0.1) is 5.69 Å². The van der Waals surface area contributed by atoms with Crippen molar-refractivity contribution in [2.75, 3.05) is 18.5 Å². The number of para-hydroxylation sites is 1. The Kier molecular flexibility index (Phi) is 3.98. The van der Waals surface area contributed by atoms with E-state index in [2.05, 4.69) is 16.2 Å². The minimum atomic E-state index is 0.0924. The minimum absolute atomic E-state index is 0.0924. The third-order valence-electron chi connectivity index (χ3n) is 3.18. The van der Waals surface area contributed by atoms with Crippen LogP contribution in [0.2, 0.25) is 0 Å². The molecule has 0 radical (unpaired) electrons. The first-order valence-electron chi connectivity index (χ1n) is 6.09. The molecular weight excluding hydrogens is 214 g/mol. The highest BCUT2D eigenvalue weighted by atomic mass is 16.2. The average molecular weight is 233 g/mol. The lowest BCUT2D eigenvalue weighted by atomic mass is 9.98. The maximum Gasteiger partial charge on any atom is 0.241 e. The van der Waals surface area contributed by atoms with Crippen LogP contribution in [0.5, 0.6) is 0 Å². The van der Waals surface area contributed by atoms with Gasteiger partial charge in [-0.3, -0.25) is 15.6 Å². The SMILES string of the molecule is Cc1ccccc1NNC(=O)C1CCNCC1. The first kappa shape index (κ1) is 11.9. The molecule has 0 atom stereocenters. The Morgan fingerprint density at radius 2 is 2.00 bits per heavy atom. The second kappa shape index (κ2) is 5.68. The molecule has 1 saturated heterocycles. The summed E-state index contributed by atoms with van der Waals surface area (Å²) in [6, 6.07) is 7.90. The Hall–Kier alpha value is -1.55. The molecule has 0 spiro atoms. The van der Waals surface area contributed by atoms with Gasteiger partial charge in [0.2, 0.25) is 5.91 Å².